The van der Waals surface area contributed by atoms with Gasteiger partial charge in [-0.05, 0) is 31.6 Å². The first-order valence-electron chi connectivity index (χ1n) is 8.96. The number of Topliss-reactive ketones (excluding diaryl/α,β-unsaturated/α-hetero) is 1. The third-order valence-corrected chi connectivity index (χ3v) is 5.93. The zero-order chi connectivity index (χ0) is 20.2. The average molecular weight is 398 g/mol. The van der Waals surface area contributed by atoms with Gasteiger partial charge in [0.25, 0.3) is 10.1 Å². The maximum atomic E-state index is 12.7. The molecular weight excluding hydrogens is 376 g/mol. The molecule has 2 aromatic rings. The van der Waals surface area contributed by atoms with E-state index >= 15 is 0 Å². The number of hydrogen-bond donors (Lipinski definition) is 1. The summed E-state index contributed by atoms with van der Waals surface area (Å²) in [5.74, 6) is -0.386. The maximum Gasteiger partial charge on any atom is 0.296 e. The number of allylic oxidation sites excluding steroid dienone is 2. The fourth-order valence-corrected chi connectivity index (χ4v) is 3.94. The van der Waals surface area contributed by atoms with E-state index < -0.39 is 15.7 Å². The second-order valence-electron chi connectivity index (χ2n) is 6.82. The minimum atomic E-state index is -3.84. The van der Waals surface area contributed by atoms with Gasteiger partial charge in [0.1, 0.15) is 5.60 Å². The fourth-order valence-electron chi connectivity index (χ4n) is 3.03. The summed E-state index contributed by atoms with van der Waals surface area (Å²) in [6.45, 7) is 1.81. The van der Waals surface area contributed by atoms with E-state index in [1.54, 1.807) is 54.6 Å². The van der Waals surface area contributed by atoms with E-state index in [2.05, 4.69) is 0 Å². The minimum Gasteiger partial charge on any atom is -0.377 e. The molecular formula is C22H22O5S. The molecule has 0 saturated heterocycles. The van der Waals surface area contributed by atoms with Crippen molar-refractivity contribution in [3.63, 3.8) is 0 Å². The van der Waals surface area contributed by atoms with Crippen LogP contribution in [0.3, 0.4) is 0 Å². The van der Waals surface area contributed by atoms with Crippen molar-refractivity contribution in [1.29, 1.82) is 0 Å². The van der Waals surface area contributed by atoms with Crippen molar-refractivity contribution in [2.45, 2.75) is 30.3 Å². The summed E-state index contributed by atoms with van der Waals surface area (Å²) >= 11 is 0. The van der Waals surface area contributed by atoms with E-state index in [-0.39, 0.29) is 23.7 Å². The van der Waals surface area contributed by atoms with Gasteiger partial charge in [0.15, 0.2) is 5.78 Å². The predicted octanol–water partition coefficient (Wildman–Crippen LogP) is 3.59. The van der Waals surface area contributed by atoms with Crippen LogP contribution in [0, 0.1) is 6.92 Å². The molecule has 0 amide bonds. The van der Waals surface area contributed by atoms with Gasteiger partial charge in [-0.15, -0.1) is 0 Å². The van der Waals surface area contributed by atoms with Crippen molar-refractivity contribution in [2.75, 3.05) is 6.61 Å². The van der Waals surface area contributed by atoms with Crippen molar-refractivity contribution in [3.05, 3.63) is 89.5 Å². The third kappa shape index (κ3) is 4.65. The van der Waals surface area contributed by atoms with Crippen molar-refractivity contribution in [2.24, 2.45) is 0 Å². The van der Waals surface area contributed by atoms with E-state index in [1.807, 2.05) is 6.92 Å². The van der Waals surface area contributed by atoms with Gasteiger partial charge in [0.05, 0.1) is 11.5 Å². The summed E-state index contributed by atoms with van der Waals surface area (Å²) in [4.78, 5) is 12.8. The molecule has 0 spiro atoms. The molecule has 0 aromatic heterocycles. The van der Waals surface area contributed by atoms with E-state index in [9.17, 15) is 18.3 Å². The highest BCUT2D eigenvalue weighted by Crippen LogP contribution is 2.29. The fraction of sp³-hybridized carbons (Fsp3) is 0.227. The molecule has 3 rings (SSSR count). The number of benzene rings is 2. The first-order valence-corrected chi connectivity index (χ1v) is 10.4. The molecule has 0 aliphatic heterocycles. The molecule has 146 valence electrons. The summed E-state index contributed by atoms with van der Waals surface area (Å²) in [7, 11) is -3.84. The average Bonchev–Trinajstić information content (AvgIpc) is 2.68. The molecule has 0 fully saturated rings. The molecule has 5 nitrogen and oxygen atoms in total. The van der Waals surface area contributed by atoms with Gasteiger partial charge >= 0.3 is 0 Å². The summed E-state index contributed by atoms with van der Waals surface area (Å²) in [6, 6.07) is 15.0. The summed E-state index contributed by atoms with van der Waals surface area (Å²) in [5.41, 5.74) is 0.490. The maximum absolute atomic E-state index is 12.7. The SMILES string of the molecule is Cc1ccc(S(=O)(=O)OCCC2=CC=CC(O)(C(=O)c3ccccc3)C2)cc1. The number of hydrogen-bond acceptors (Lipinski definition) is 5. The molecule has 0 saturated carbocycles. The topological polar surface area (TPSA) is 80.7 Å². The van der Waals surface area contributed by atoms with Gasteiger partial charge in [-0.25, -0.2) is 0 Å². The van der Waals surface area contributed by atoms with Gasteiger partial charge in [0, 0.05) is 12.0 Å². The molecule has 1 unspecified atom stereocenters. The number of aryl methyl sites for hydroxylation is 1. The van der Waals surface area contributed by atoms with Gasteiger partial charge in [-0.1, -0.05) is 65.8 Å². The molecule has 1 atom stereocenters. The lowest BCUT2D eigenvalue weighted by Gasteiger charge is -2.27. The van der Waals surface area contributed by atoms with Gasteiger partial charge < -0.3 is 5.11 Å². The van der Waals surface area contributed by atoms with Crippen LogP contribution >= 0.6 is 0 Å². The monoisotopic (exact) mass is 398 g/mol. The largest absolute Gasteiger partial charge is 0.377 e. The highest BCUT2D eigenvalue weighted by atomic mass is 32.2. The Labute approximate surface area is 165 Å². The van der Waals surface area contributed by atoms with Crippen LogP contribution in [0.25, 0.3) is 0 Å². The highest BCUT2D eigenvalue weighted by molar-refractivity contribution is 7.86. The number of carbonyl (C=O) groups excluding carboxylic acids is 1. The number of ketones is 1. The Kier molecular flexibility index (Phi) is 5.93. The third-order valence-electron chi connectivity index (χ3n) is 4.60. The lowest BCUT2D eigenvalue weighted by molar-refractivity contribution is 0.0519. The Bertz CT molecular complexity index is 1000. The molecule has 0 bridgehead atoms. The van der Waals surface area contributed by atoms with Crippen molar-refractivity contribution in [1.82, 2.24) is 0 Å². The number of carbonyl (C=O) groups is 1. The van der Waals surface area contributed by atoms with Crippen LogP contribution in [0.4, 0.5) is 0 Å². The van der Waals surface area contributed by atoms with E-state index in [0.29, 0.717) is 12.0 Å². The molecule has 1 aliphatic carbocycles. The van der Waals surface area contributed by atoms with Crippen LogP contribution in [0.15, 0.2) is 83.3 Å². The van der Waals surface area contributed by atoms with Crippen molar-refractivity contribution in [3.8, 4) is 0 Å². The standard InChI is InChI=1S/C22H22O5S/c1-17-9-11-20(12-10-17)28(25,26)27-15-13-18-6-5-14-22(24,16-18)21(23)19-7-3-2-4-8-19/h2-12,14,24H,13,15-16H2,1H3. The molecule has 6 heteroatoms. The highest BCUT2D eigenvalue weighted by Gasteiger charge is 2.35. The first-order chi connectivity index (χ1) is 13.3. The second-order valence-corrected chi connectivity index (χ2v) is 8.43. The smallest absolute Gasteiger partial charge is 0.296 e. The van der Waals surface area contributed by atoms with Crippen LogP contribution < -0.4 is 0 Å². The zero-order valence-corrected chi connectivity index (χ0v) is 16.4. The van der Waals surface area contributed by atoms with Gasteiger partial charge in [0.2, 0.25) is 0 Å². The van der Waals surface area contributed by atoms with Crippen LogP contribution in [0.1, 0.15) is 28.8 Å². The second kappa shape index (κ2) is 8.22. The predicted molar refractivity (Wildman–Crippen MR) is 106 cm³/mol. The van der Waals surface area contributed by atoms with Crippen molar-refractivity contribution < 1.29 is 22.5 Å². The molecule has 0 radical (unpaired) electrons. The Balaban J connectivity index is 1.61. The van der Waals surface area contributed by atoms with Gasteiger partial charge in [-0.3, -0.25) is 8.98 Å². The lowest BCUT2D eigenvalue weighted by atomic mass is 9.83. The first kappa shape index (κ1) is 20.2. The Morgan fingerprint density at radius 1 is 1.11 bits per heavy atom. The van der Waals surface area contributed by atoms with Crippen LogP contribution in [-0.4, -0.2) is 31.5 Å². The summed E-state index contributed by atoms with van der Waals surface area (Å²) in [6.07, 6.45) is 5.25. The summed E-state index contributed by atoms with van der Waals surface area (Å²) in [5, 5.41) is 10.8. The minimum absolute atomic E-state index is 0.0640. The van der Waals surface area contributed by atoms with Crippen LogP contribution in [0.5, 0.6) is 0 Å². The van der Waals surface area contributed by atoms with E-state index in [0.717, 1.165) is 11.1 Å². The van der Waals surface area contributed by atoms with Crippen LogP contribution in [0.2, 0.25) is 0 Å². The van der Waals surface area contributed by atoms with E-state index in [1.165, 1.54) is 18.2 Å². The molecule has 2 aromatic carbocycles. The molecule has 0 heterocycles. The Morgan fingerprint density at radius 2 is 1.79 bits per heavy atom. The number of rotatable bonds is 7. The number of aliphatic hydroxyl groups is 1. The van der Waals surface area contributed by atoms with Crippen LogP contribution in [-0.2, 0) is 14.3 Å². The summed E-state index contributed by atoms with van der Waals surface area (Å²) < 4.78 is 29.6. The zero-order valence-electron chi connectivity index (χ0n) is 15.5. The van der Waals surface area contributed by atoms with E-state index in [4.69, 9.17) is 4.18 Å². The Hall–Kier alpha value is -2.54. The van der Waals surface area contributed by atoms with Crippen molar-refractivity contribution >= 4 is 15.9 Å². The Morgan fingerprint density at radius 3 is 2.46 bits per heavy atom. The lowest BCUT2D eigenvalue weighted by Crippen LogP contribution is -2.38. The quantitative estimate of drug-likeness (QED) is 0.569. The molecule has 1 aliphatic rings. The normalized spacial score (nSPS) is 19.3. The molecule has 1 N–H and O–H groups in total. The van der Waals surface area contributed by atoms with Gasteiger partial charge in [-0.2, -0.15) is 8.42 Å². The molecule has 28 heavy (non-hydrogen) atoms.